The molecular formula is C26H37FN4O. The maximum absolute atomic E-state index is 13.4. The number of carbonyl (C=O) groups excluding carboxylic acids is 1. The van der Waals surface area contributed by atoms with Crippen molar-refractivity contribution in [3.63, 3.8) is 0 Å². The number of fused-ring (bicyclic) bond motifs is 1. The number of nitrogens with zero attached hydrogens (tertiary/aromatic N) is 4. The van der Waals surface area contributed by atoms with Gasteiger partial charge in [0.1, 0.15) is 5.82 Å². The van der Waals surface area contributed by atoms with Crippen molar-refractivity contribution in [3.8, 4) is 0 Å². The third-order valence-electron chi connectivity index (χ3n) is 7.68. The SMILES string of the molecule is Cc1nn(C(C)C)c(C)c1CN1CC[C@]2(C)[C@H]1CCCCC(=O)N2Cc1ccc(F)cc1. The number of aromatic nitrogens is 2. The number of rotatable bonds is 5. The Bertz CT molecular complexity index is 967. The molecular weight excluding hydrogens is 403 g/mol. The van der Waals surface area contributed by atoms with E-state index in [1.165, 1.54) is 23.4 Å². The quantitative estimate of drug-likeness (QED) is 0.645. The minimum Gasteiger partial charge on any atom is -0.331 e. The van der Waals surface area contributed by atoms with Gasteiger partial charge in [-0.1, -0.05) is 18.6 Å². The van der Waals surface area contributed by atoms with Gasteiger partial charge in [0.05, 0.1) is 11.2 Å². The molecule has 0 bridgehead atoms. The molecule has 2 aromatic rings. The maximum Gasteiger partial charge on any atom is 0.223 e. The van der Waals surface area contributed by atoms with E-state index in [-0.39, 0.29) is 17.3 Å². The molecule has 1 aromatic carbocycles. The summed E-state index contributed by atoms with van der Waals surface area (Å²) in [6, 6.07) is 7.24. The summed E-state index contributed by atoms with van der Waals surface area (Å²) in [5.41, 5.74) is 4.44. The van der Waals surface area contributed by atoms with Crippen LogP contribution in [-0.2, 0) is 17.9 Å². The molecule has 0 saturated carbocycles. The van der Waals surface area contributed by atoms with Crippen molar-refractivity contribution in [1.82, 2.24) is 19.6 Å². The standard InChI is InChI=1S/C26H37FN4O/c1-18(2)31-20(4)23(19(3)28-31)17-29-15-14-26(5)24(29)8-6-7-9-25(32)30(26)16-21-10-12-22(27)13-11-21/h10-13,18,24H,6-9,14-17H2,1-5H3/t24-,26-/m1/s1. The average molecular weight is 441 g/mol. The van der Waals surface area contributed by atoms with Gasteiger partial charge in [0.15, 0.2) is 0 Å². The second-order valence-electron chi connectivity index (χ2n) is 10.1. The summed E-state index contributed by atoms with van der Waals surface area (Å²) in [5, 5.41) is 4.79. The smallest absolute Gasteiger partial charge is 0.223 e. The normalized spacial score (nSPS) is 24.7. The fraction of sp³-hybridized carbons (Fsp3) is 0.615. The Labute approximate surface area is 191 Å². The van der Waals surface area contributed by atoms with Crippen molar-refractivity contribution in [3.05, 3.63) is 52.6 Å². The number of amides is 1. The summed E-state index contributed by atoms with van der Waals surface area (Å²) < 4.78 is 15.6. The van der Waals surface area contributed by atoms with Crippen LogP contribution < -0.4 is 0 Å². The Morgan fingerprint density at radius 2 is 1.88 bits per heavy atom. The summed E-state index contributed by atoms with van der Waals surface area (Å²) >= 11 is 0. The van der Waals surface area contributed by atoms with E-state index in [1.54, 1.807) is 12.1 Å². The van der Waals surface area contributed by atoms with Crippen molar-refractivity contribution in [1.29, 1.82) is 0 Å². The third-order valence-corrected chi connectivity index (χ3v) is 7.68. The second kappa shape index (κ2) is 8.97. The van der Waals surface area contributed by atoms with Crippen LogP contribution in [0.25, 0.3) is 0 Å². The highest BCUT2D eigenvalue weighted by atomic mass is 19.1. The van der Waals surface area contributed by atoms with Crippen molar-refractivity contribution < 1.29 is 9.18 Å². The molecule has 0 N–H and O–H groups in total. The molecule has 1 aromatic heterocycles. The van der Waals surface area contributed by atoms with Crippen LogP contribution >= 0.6 is 0 Å². The van der Waals surface area contributed by atoms with Crippen LogP contribution in [0.2, 0.25) is 0 Å². The van der Waals surface area contributed by atoms with Gasteiger partial charge >= 0.3 is 0 Å². The highest BCUT2D eigenvalue weighted by molar-refractivity contribution is 5.77. The molecule has 2 atom stereocenters. The van der Waals surface area contributed by atoms with Gasteiger partial charge in [-0.25, -0.2) is 4.39 Å². The predicted molar refractivity (Wildman–Crippen MR) is 125 cm³/mol. The molecule has 5 nitrogen and oxygen atoms in total. The monoisotopic (exact) mass is 440 g/mol. The van der Waals surface area contributed by atoms with E-state index >= 15 is 0 Å². The molecule has 174 valence electrons. The number of carbonyl (C=O) groups is 1. The van der Waals surface area contributed by atoms with Gasteiger partial charge in [0, 0.05) is 49.4 Å². The zero-order chi connectivity index (χ0) is 23.0. The number of aryl methyl sites for hydroxylation is 1. The maximum atomic E-state index is 13.4. The summed E-state index contributed by atoms with van der Waals surface area (Å²) in [7, 11) is 0. The number of benzene rings is 1. The van der Waals surface area contributed by atoms with Crippen LogP contribution in [0, 0.1) is 19.7 Å². The minimum atomic E-state index is -0.239. The van der Waals surface area contributed by atoms with Crippen LogP contribution in [0.4, 0.5) is 4.39 Å². The number of hydrogen-bond donors (Lipinski definition) is 0. The van der Waals surface area contributed by atoms with E-state index in [9.17, 15) is 9.18 Å². The van der Waals surface area contributed by atoms with Gasteiger partial charge in [-0.15, -0.1) is 0 Å². The minimum absolute atomic E-state index is 0.220. The summed E-state index contributed by atoms with van der Waals surface area (Å²) in [5.74, 6) is -0.0140. The first-order valence-corrected chi connectivity index (χ1v) is 12.0. The van der Waals surface area contributed by atoms with E-state index in [1.807, 2.05) is 0 Å². The number of hydrogen-bond acceptors (Lipinski definition) is 3. The largest absolute Gasteiger partial charge is 0.331 e. The Kier molecular flexibility index (Phi) is 6.44. The molecule has 0 radical (unpaired) electrons. The Hall–Kier alpha value is -2.21. The zero-order valence-corrected chi connectivity index (χ0v) is 20.2. The van der Waals surface area contributed by atoms with E-state index in [0.29, 0.717) is 25.0 Å². The van der Waals surface area contributed by atoms with E-state index in [4.69, 9.17) is 5.10 Å². The molecule has 1 amide bonds. The Balaban J connectivity index is 1.62. The number of halogens is 1. The van der Waals surface area contributed by atoms with Crippen LogP contribution in [-0.4, -0.2) is 43.6 Å². The van der Waals surface area contributed by atoms with Crippen LogP contribution in [0.3, 0.4) is 0 Å². The Morgan fingerprint density at radius 1 is 1.16 bits per heavy atom. The lowest BCUT2D eigenvalue weighted by Gasteiger charge is -2.46. The zero-order valence-electron chi connectivity index (χ0n) is 20.2. The molecule has 4 rings (SSSR count). The third kappa shape index (κ3) is 4.21. The van der Waals surface area contributed by atoms with Crippen molar-refractivity contribution in [2.75, 3.05) is 6.54 Å². The predicted octanol–water partition coefficient (Wildman–Crippen LogP) is 5.16. The highest BCUT2D eigenvalue weighted by Gasteiger charge is 2.49. The summed E-state index contributed by atoms with van der Waals surface area (Å²) in [6.45, 7) is 13.3. The molecule has 0 aliphatic carbocycles. The van der Waals surface area contributed by atoms with E-state index in [0.717, 1.165) is 50.0 Å². The molecule has 2 fully saturated rings. The van der Waals surface area contributed by atoms with Gasteiger partial charge in [0.2, 0.25) is 5.91 Å². The highest BCUT2D eigenvalue weighted by Crippen LogP contribution is 2.41. The lowest BCUT2D eigenvalue weighted by molar-refractivity contribution is -0.140. The van der Waals surface area contributed by atoms with Crippen LogP contribution in [0.15, 0.2) is 24.3 Å². The molecule has 2 aliphatic heterocycles. The average Bonchev–Trinajstić information content (AvgIpc) is 3.21. The van der Waals surface area contributed by atoms with Crippen LogP contribution in [0.5, 0.6) is 0 Å². The molecule has 32 heavy (non-hydrogen) atoms. The molecule has 0 spiro atoms. The first-order chi connectivity index (χ1) is 15.2. The fourth-order valence-corrected chi connectivity index (χ4v) is 5.79. The van der Waals surface area contributed by atoms with Gasteiger partial charge in [0.25, 0.3) is 0 Å². The van der Waals surface area contributed by atoms with Crippen molar-refractivity contribution in [2.45, 2.75) is 97.4 Å². The van der Waals surface area contributed by atoms with E-state index < -0.39 is 0 Å². The first-order valence-electron chi connectivity index (χ1n) is 12.0. The van der Waals surface area contributed by atoms with Gasteiger partial charge in [-0.3, -0.25) is 14.4 Å². The summed E-state index contributed by atoms with van der Waals surface area (Å²) in [4.78, 5) is 17.9. The molecule has 0 unspecified atom stereocenters. The van der Waals surface area contributed by atoms with E-state index in [2.05, 4.69) is 49.1 Å². The summed E-state index contributed by atoms with van der Waals surface area (Å²) in [6.07, 6.45) is 4.67. The van der Waals surface area contributed by atoms with Crippen molar-refractivity contribution >= 4 is 5.91 Å². The lowest BCUT2D eigenvalue weighted by atomic mass is 9.84. The molecule has 2 aliphatic rings. The number of likely N-dealkylation sites (tertiary alicyclic amines) is 2. The Morgan fingerprint density at radius 3 is 2.53 bits per heavy atom. The lowest BCUT2D eigenvalue weighted by Crippen LogP contribution is -2.57. The molecule has 3 heterocycles. The molecule has 2 saturated heterocycles. The molecule has 6 heteroatoms. The fourth-order valence-electron chi connectivity index (χ4n) is 5.79. The first kappa shape index (κ1) is 23.0. The van der Waals surface area contributed by atoms with Gasteiger partial charge in [-0.2, -0.15) is 5.10 Å². The second-order valence-corrected chi connectivity index (χ2v) is 10.1. The van der Waals surface area contributed by atoms with Gasteiger partial charge in [-0.05, 0) is 71.6 Å². The van der Waals surface area contributed by atoms with Crippen molar-refractivity contribution in [2.24, 2.45) is 0 Å². The van der Waals surface area contributed by atoms with Crippen LogP contribution in [0.1, 0.15) is 81.4 Å². The topological polar surface area (TPSA) is 41.4 Å². The van der Waals surface area contributed by atoms with Gasteiger partial charge < -0.3 is 4.90 Å².